The lowest BCUT2D eigenvalue weighted by molar-refractivity contribution is 0.0600. The van der Waals surface area contributed by atoms with Crippen LogP contribution in [0.15, 0.2) is 48.7 Å². The molecule has 0 aliphatic heterocycles. The minimum atomic E-state index is -0.374. The molecule has 2 rings (SSSR count). The van der Waals surface area contributed by atoms with E-state index in [1.165, 1.54) is 13.3 Å². The average Bonchev–Trinajstić information content (AvgIpc) is 2.55. The molecule has 3 heteroatoms. The number of hydrogen-bond donors (Lipinski definition) is 0. The van der Waals surface area contributed by atoms with Crippen LogP contribution in [0.1, 0.15) is 35.5 Å². The molecule has 0 bridgehead atoms. The van der Waals surface area contributed by atoms with Crippen LogP contribution in [0.4, 0.5) is 0 Å². The topological polar surface area (TPSA) is 39.2 Å². The molecule has 0 N–H and O–H groups in total. The Kier molecular flexibility index (Phi) is 6.76. The maximum absolute atomic E-state index is 11.2. The summed E-state index contributed by atoms with van der Waals surface area (Å²) in [6, 6.07) is 13.4. The molecule has 0 fully saturated rings. The summed E-state index contributed by atoms with van der Waals surface area (Å²) in [5, 5.41) is 0. The zero-order valence-corrected chi connectivity index (χ0v) is 12.0. The Labute approximate surface area is 119 Å². The molecule has 0 atom stereocenters. The third-order valence-electron chi connectivity index (χ3n) is 2.45. The van der Waals surface area contributed by atoms with Crippen molar-refractivity contribution in [2.45, 2.75) is 13.8 Å². The first-order valence-corrected chi connectivity index (χ1v) is 6.57. The second-order valence-corrected chi connectivity index (χ2v) is 3.71. The monoisotopic (exact) mass is 269 g/mol. The summed E-state index contributed by atoms with van der Waals surface area (Å²) in [5.74, 6) is -0.374. The van der Waals surface area contributed by atoms with Gasteiger partial charge in [0.1, 0.15) is 0 Å². The maximum atomic E-state index is 11.2. The lowest BCUT2D eigenvalue weighted by Gasteiger charge is -1.98. The number of aromatic nitrogens is 1. The number of rotatable bonds is 3. The quantitative estimate of drug-likeness (QED) is 0.789. The zero-order chi connectivity index (χ0) is 14.8. The Morgan fingerprint density at radius 3 is 2.30 bits per heavy atom. The van der Waals surface area contributed by atoms with E-state index < -0.39 is 0 Å². The summed E-state index contributed by atoms with van der Waals surface area (Å²) < 4.78 is 4.61. The lowest BCUT2D eigenvalue weighted by Crippen LogP contribution is -2.01. The van der Waals surface area contributed by atoms with Crippen LogP contribution in [0.25, 0.3) is 12.2 Å². The maximum Gasteiger partial charge on any atom is 0.339 e. The molecule has 0 amide bonds. The van der Waals surface area contributed by atoms with Gasteiger partial charge in [-0.2, -0.15) is 0 Å². The highest BCUT2D eigenvalue weighted by atomic mass is 16.5. The number of methoxy groups -OCH3 is 1. The van der Waals surface area contributed by atoms with Crippen LogP contribution in [0.5, 0.6) is 0 Å². The van der Waals surface area contributed by atoms with Crippen LogP contribution in [-0.4, -0.2) is 18.1 Å². The van der Waals surface area contributed by atoms with Gasteiger partial charge in [-0.25, -0.2) is 4.79 Å². The summed E-state index contributed by atoms with van der Waals surface area (Å²) in [6.07, 6.45) is 5.38. The van der Waals surface area contributed by atoms with E-state index in [1.807, 2.05) is 56.3 Å². The van der Waals surface area contributed by atoms with Crippen molar-refractivity contribution in [3.63, 3.8) is 0 Å². The molecule has 1 aromatic heterocycles. The third kappa shape index (κ3) is 4.69. The summed E-state index contributed by atoms with van der Waals surface area (Å²) in [5.41, 5.74) is 2.36. The third-order valence-corrected chi connectivity index (χ3v) is 2.45. The summed E-state index contributed by atoms with van der Waals surface area (Å²) in [7, 11) is 1.35. The van der Waals surface area contributed by atoms with Gasteiger partial charge < -0.3 is 4.74 Å². The molecule has 1 heterocycles. The number of hydrogen-bond acceptors (Lipinski definition) is 3. The summed E-state index contributed by atoms with van der Waals surface area (Å²) in [4.78, 5) is 15.4. The molecule has 3 nitrogen and oxygen atoms in total. The molecular weight excluding hydrogens is 250 g/mol. The Balaban J connectivity index is 0.000000956. The predicted octanol–water partition coefficient (Wildman–Crippen LogP) is 4.06. The number of pyridine rings is 1. The normalized spacial score (nSPS) is 9.75. The van der Waals surface area contributed by atoms with Crippen molar-refractivity contribution in [3.8, 4) is 0 Å². The Bertz CT molecular complexity index is 545. The largest absolute Gasteiger partial charge is 0.465 e. The van der Waals surface area contributed by atoms with Gasteiger partial charge in [-0.3, -0.25) is 4.98 Å². The number of ether oxygens (including phenoxy) is 1. The van der Waals surface area contributed by atoms with Crippen LogP contribution in [0.2, 0.25) is 0 Å². The molecule has 0 saturated heterocycles. The van der Waals surface area contributed by atoms with Gasteiger partial charge in [0, 0.05) is 6.20 Å². The summed E-state index contributed by atoms with van der Waals surface area (Å²) >= 11 is 0. The second kappa shape index (κ2) is 8.64. The van der Waals surface area contributed by atoms with E-state index in [-0.39, 0.29) is 5.97 Å². The highest BCUT2D eigenvalue weighted by molar-refractivity contribution is 5.89. The number of esters is 1. The minimum absolute atomic E-state index is 0.374. The van der Waals surface area contributed by atoms with E-state index in [0.29, 0.717) is 5.56 Å². The van der Waals surface area contributed by atoms with Gasteiger partial charge >= 0.3 is 5.97 Å². The Hall–Kier alpha value is -2.42. The first kappa shape index (κ1) is 15.6. The van der Waals surface area contributed by atoms with Crippen molar-refractivity contribution in [1.29, 1.82) is 0 Å². The fraction of sp³-hybridized carbons (Fsp3) is 0.176. The number of nitrogens with zero attached hydrogens (tertiary/aromatic N) is 1. The van der Waals surface area contributed by atoms with Gasteiger partial charge in [-0.05, 0) is 23.8 Å². The smallest absolute Gasteiger partial charge is 0.339 e. The van der Waals surface area contributed by atoms with Crippen molar-refractivity contribution in [3.05, 3.63) is 65.5 Å². The van der Waals surface area contributed by atoms with Crippen molar-refractivity contribution >= 4 is 18.1 Å². The predicted molar refractivity (Wildman–Crippen MR) is 82.3 cm³/mol. The Morgan fingerprint density at radius 2 is 1.75 bits per heavy atom. The van der Waals surface area contributed by atoms with Gasteiger partial charge in [0.05, 0.1) is 18.4 Å². The molecule has 0 saturated carbocycles. The van der Waals surface area contributed by atoms with E-state index in [4.69, 9.17) is 0 Å². The number of carbonyl (C=O) groups excluding carboxylic acids is 1. The zero-order valence-electron chi connectivity index (χ0n) is 12.0. The molecule has 0 unspecified atom stereocenters. The minimum Gasteiger partial charge on any atom is -0.465 e. The molecule has 104 valence electrons. The van der Waals surface area contributed by atoms with E-state index in [9.17, 15) is 4.79 Å². The first-order chi connectivity index (χ1) is 9.79. The molecule has 0 aliphatic rings. The summed E-state index contributed by atoms with van der Waals surface area (Å²) in [6.45, 7) is 4.00. The van der Waals surface area contributed by atoms with E-state index in [1.54, 1.807) is 12.1 Å². The van der Waals surface area contributed by atoms with Gasteiger partial charge in [0.15, 0.2) is 0 Å². The standard InChI is InChI=1S/C15H13NO2.C2H6/c1-18-15(17)13-8-10-14(16-11-13)9-7-12-5-3-2-4-6-12;1-2/h2-11H,1H3;1-2H3/b9-7+;. The molecular formula is C17H19NO2. The van der Waals surface area contributed by atoms with Crippen LogP contribution in [0.3, 0.4) is 0 Å². The van der Waals surface area contributed by atoms with Crippen molar-refractivity contribution in [1.82, 2.24) is 4.98 Å². The van der Waals surface area contributed by atoms with Crippen LogP contribution >= 0.6 is 0 Å². The molecule has 20 heavy (non-hydrogen) atoms. The van der Waals surface area contributed by atoms with Gasteiger partial charge in [-0.1, -0.05) is 50.3 Å². The van der Waals surface area contributed by atoms with Gasteiger partial charge in [-0.15, -0.1) is 0 Å². The van der Waals surface area contributed by atoms with E-state index in [2.05, 4.69) is 9.72 Å². The average molecular weight is 269 g/mol. The highest BCUT2D eigenvalue weighted by Gasteiger charge is 2.03. The second-order valence-electron chi connectivity index (χ2n) is 3.71. The van der Waals surface area contributed by atoms with Crippen molar-refractivity contribution < 1.29 is 9.53 Å². The molecule has 0 spiro atoms. The van der Waals surface area contributed by atoms with Crippen LogP contribution < -0.4 is 0 Å². The fourth-order valence-electron chi connectivity index (χ4n) is 1.49. The van der Waals surface area contributed by atoms with E-state index in [0.717, 1.165) is 11.3 Å². The van der Waals surface area contributed by atoms with E-state index >= 15 is 0 Å². The number of carbonyl (C=O) groups is 1. The highest BCUT2D eigenvalue weighted by Crippen LogP contribution is 2.07. The van der Waals surface area contributed by atoms with Crippen LogP contribution in [0, 0.1) is 0 Å². The lowest BCUT2D eigenvalue weighted by atomic mass is 10.2. The van der Waals surface area contributed by atoms with Crippen LogP contribution in [-0.2, 0) is 4.74 Å². The van der Waals surface area contributed by atoms with Gasteiger partial charge in [0.25, 0.3) is 0 Å². The molecule has 0 radical (unpaired) electrons. The Morgan fingerprint density at radius 1 is 1.05 bits per heavy atom. The van der Waals surface area contributed by atoms with Crippen molar-refractivity contribution in [2.24, 2.45) is 0 Å². The van der Waals surface area contributed by atoms with Crippen molar-refractivity contribution in [2.75, 3.05) is 7.11 Å². The molecule has 0 aliphatic carbocycles. The first-order valence-electron chi connectivity index (χ1n) is 6.57. The SMILES string of the molecule is CC.COC(=O)c1ccc(/C=C/c2ccccc2)nc1. The number of benzene rings is 1. The van der Waals surface area contributed by atoms with Gasteiger partial charge in [0.2, 0.25) is 0 Å². The molecule has 2 aromatic rings. The molecule has 1 aromatic carbocycles. The fourth-order valence-corrected chi connectivity index (χ4v) is 1.49.